The Labute approximate surface area is 187 Å². The van der Waals surface area contributed by atoms with E-state index >= 15 is 0 Å². The molecule has 1 aliphatic carbocycles. The molecule has 1 N–H and O–H groups in total. The topological polar surface area (TPSA) is 108 Å². The van der Waals surface area contributed by atoms with Gasteiger partial charge < -0.3 is 14.8 Å². The highest BCUT2D eigenvalue weighted by molar-refractivity contribution is 6.07. The van der Waals surface area contributed by atoms with E-state index in [1.807, 2.05) is 20.0 Å². The van der Waals surface area contributed by atoms with Crippen molar-refractivity contribution in [1.82, 2.24) is 29.0 Å². The standard InChI is InChI=1S/C22H22FN7O3/c1-13(2)33-19-14(18(31)26-15-6-25-30-5-3-4-24-17(15)30)7-29-8-16(27-20(29)28-19)21-9-22(10-21,11-23)32-12-21/h3-8,13H,9-12H2,1-2H3,(H,26,31). The van der Waals surface area contributed by atoms with Crippen LogP contribution in [0.5, 0.6) is 5.88 Å². The number of ether oxygens (including phenoxy) is 2. The molecule has 33 heavy (non-hydrogen) atoms. The Morgan fingerprint density at radius 2 is 2.18 bits per heavy atom. The Hall–Kier alpha value is -3.60. The Morgan fingerprint density at radius 1 is 1.33 bits per heavy atom. The number of carbonyl (C=O) groups excluding carboxylic acids is 1. The van der Waals surface area contributed by atoms with Crippen LogP contribution < -0.4 is 10.1 Å². The summed E-state index contributed by atoms with van der Waals surface area (Å²) in [6.45, 7) is 3.67. The molecule has 0 atom stereocenters. The van der Waals surface area contributed by atoms with Crippen molar-refractivity contribution in [3.63, 3.8) is 0 Å². The summed E-state index contributed by atoms with van der Waals surface area (Å²) in [5, 5.41) is 7.05. The smallest absolute Gasteiger partial charge is 0.262 e. The number of amides is 1. The van der Waals surface area contributed by atoms with Gasteiger partial charge in [-0.3, -0.25) is 9.20 Å². The van der Waals surface area contributed by atoms with Gasteiger partial charge in [0.2, 0.25) is 11.7 Å². The second-order valence-corrected chi connectivity index (χ2v) is 9.10. The number of halogens is 1. The molecule has 1 amide bonds. The molecule has 7 rings (SSSR count). The number of nitrogens with zero attached hydrogens (tertiary/aromatic N) is 6. The van der Waals surface area contributed by atoms with Crippen LogP contribution in [0.2, 0.25) is 0 Å². The molecule has 4 aromatic heterocycles. The highest BCUT2D eigenvalue weighted by Crippen LogP contribution is 2.58. The largest absolute Gasteiger partial charge is 0.474 e. The summed E-state index contributed by atoms with van der Waals surface area (Å²) >= 11 is 0. The zero-order chi connectivity index (χ0) is 22.8. The van der Waals surface area contributed by atoms with Crippen LogP contribution in [0.25, 0.3) is 11.4 Å². The summed E-state index contributed by atoms with van der Waals surface area (Å²) in [6.07, 6.45) is 9.41. The van der Waals surface area contributed by atoms with Gasteiger partial charge in [0.25, 0.3) is 5.91 Å². The van der Waals surface area contributed by atoms with Crippen LogP contribution >= 0.6 is 0 Å². The summed E-state index contributed by atoms with van der Waals surface area (Å²) < 4.78 is 28.2. The summed E-state index contributed by atoms with van der Waals surface area (Å²) in [6, 6.07) is 1.75. The second-order valence-electron chi connectivity index (χ2n) is 9.10. The van der Waals surface area contributed by atoms with Crippen LogP contribution in [0.1, 0.15) is 42.7 Å². The molecule has 6 heterocycles. The first-order chi connectivity index (χ1) is 15.9. The van der Waals surface area contributed by atoms with Gasteiger partial charge in [-0.15, -0.1) is 0 Å². The van der Waals surface area contributed by atoms with E-state index in [-0.39, 0.29) is 23.0 Å². The highest BCUT2D eigenvalue weighted by Gasteiger charge is 2.64. The first kappa shape index (κ1) is 20.0. The first-order valence-electron chi connectivity index (χ1n) is 10.8. The van der Waals surface area contributed by atoms with E-state index in [0.29, 0.717) is 36.6 Å². The molecule has 170 valence electrons. The fourth-order valence-electron chi connectivity index (χ4n) is 4.80. The van der Waals surface area contributed by atoms with Gasteiger partial charge in [0.05, 0.1) is 30.2 Å². The van der Waals surface area contributed by atoms with Crippen LogP contribution in [-0.2, 0) is 10.2 Å². The number of alkyl halides is 1. The maximum Gasteiger partial charge on any atom is 0.262 e. The average molecular weight is 451 g/mol. The molecular weight excluding hydrogens is 429 g/mol. The van der Waals surface area contributed by atoms with Crippen LogP contribution in [-0.4, -0.2) is 59.9 Å². The summed E-state index contributed by atoms with van der Waals surface area (Å²) in [4.78, 5) is 26.7. The number of fused-ring (bicyclic) bond motifs is 3. The van der Waals surface area contributed by atoms with Crippen molar-refractivity contribution in [2.24, 2.45) is 0 Å². The van der Waals surface area contributed by atoms with Crippen molar-refractivity contribution < 1.29 is 18.7 Å². The van der Waals surface area contributed by atoms with Crippen molar-refractivity contribution in [3.05, 3.63) is 48.3 Å². The van der Waals surface area contributed by atoms with E-state index in [2.05, 4.69) is 25.4 Å². The van der Waals surface area contributed by atoms with Gasteiger partial charge in [-0.2, -0.15) is 10.1 Å². The minimum atomic E-state index is -0.664. The van der Waals surface area contributed by atoms with Crippen molar-refractivity contribution >= 4 is 23.0 Å². The van der Waals surface area contributed by atoms with E-state index in [4.69, 9.17) is 9.47 Å². The summed E-state index contributed by atoms with van der Waals surface area (Å²) in [7, 11) is 0. The van der Waals surface area contributed by atoms with Crippen LogP contribution in [0, 0.1) is 0 Å². The summed E-state index contributed by atoms with van der Waals surface area (Å²) in [5.74, 6) is 0.190. The number of anilines is 1. The van der Waals surface area contributed by atoms with E-state index in [9.17, 15) is 9.18 Å². The van der Waals surface area contributed by atoms with Gasteiger partial charge >= 0.3 is 0 Å². The molecule has 3 fully saturated rings. The number of aromatic nitrogens is 6. The predicted octanol–water partition coefficient (Wildman–Crippen LogP) is 2.58. The lowest BCUT2D eigenvalue weighted by Gasteiger charge is -2.41. The fraction of sp³-hybridized carbons (Fsp3) is 0.409. The lowest BCUT2D eigenvalue weighted by molar-refractivity contribution is -0.0235. The minimum absolute atomic E-state index is 0.184. The quantitative estimate of drug-likeness (QED) is 0.480. The van der Waals surface area contributed by atoms with Crippen LogP contribution in [0.4, 0.5) is 10.1 Å². The molecule has 11 heteroatoms. The van der Waals surface area contributed by atoms with Crippen LogP contribution in [0.3, 0.4) is 0 Å². The Kier molecular flexibility index (Phi) is 4.22. The molecule has 10 nitrogen and oxygen atoms in total. The van der Waals surface area contributed by atoms with Crippen molar-refractivity contribution in [2.45, 2.75) is 43.8 Å². The van der Waals surface area contributed by atoms with Gasteiger partial charge in [-0.25, -0.2) is 18.9 Å². The molecule has 2 saturated heterocycles. The van der Waals surface area contributed by atoms with Crippen molar-refractivity contribution in [1.29, 1.82) is 0 Å². The zero-order valence-electron chi connectivity index (χ0n) is 18.2. The molecule has 0 unspecified atom stereocenters. The molecule has 0 spiro atoms. The third-order valence-electron chi connectivity index (χ3n) is 6.30. The molecule has 0 radical (unpaired) electrons. The third-order valence-corrected chi connectivity index (χ3v) is 6.30. The van der Waals surface area contributed by atoms with E-state index < -0.39 is 18.2 Å². The zero-order valence-corrected chi connectivity index (χ0v) is 18.2. The normalized spacial score (nSPS) is 23.9. The average Bonchev–Trinajstić information content (AvgIpc) is 3.53. The van der Waals surface area contributed by atoms with Crippen molar-refractivity contribution in [3.8, 4) is 5.88 Å². The van der Waals surface area contributed by atoms with Gasteiger partial charge in [0, 0.05) is 30.2 Å². The molecular formula is C22H22FN7O3. The molecule has 2 aliphatic heterocycles. The number of rotatable bonds is 6. The lowest BCUT2D eigenvalue weighted by atomic mass is 9.61. The molecule has 2 bridgehead atoms. The molecule has 0 aromatic carbocycles. The van der Waals surface area contributed by atoms with E-state index in [1.54, 1.807) is 33.6 Å². The van der Waals surface area contributed by atoms with Gasteiger partial charge in [0.1, 0.15) is 17.9 Å². The number of carbonyl (C=O) groups is 1. The monoisotopic (exact) mass is 451 g/mol. The second kappa shape index (κ2) is 6.95. The molecule has 1 saturated carbocycles. The van der Waals surface area contributed by atoms with Crippen LogP contribution in [0.15, 0.2) is 37.1 Å². The maximum atomic E-state index is 13.3. The fourth-order valence-corrected chi connectivity index (χ4v) is 4.80. The Balaban J connectivity index is 1.37. The number of imidazole rings is 1. The van der Waals surface area contributed by atoms with E-state index in [0.717, 1.165) is 5.69 Å². The molecule has 3 aliphatic rings. The Bertz CT molecular complexity index is 1390. The highest BCUT2D eigenvalue weighted by atomic mass is 19.1. The Morgan fingerprint density at radius 3 is 2.94 bits per heavy atom. The van der Waals surface area contributed by atoms with E-state index in [1.165, 1.54) is 6.20 Å². The maximum absolute atomic E-state index is 13.3. The number of nitrogens with one attached hydrogen (secondary N) is 1. The number of hydrogen-bond donors (Lipinski definition) is 1. The summed E-state index contributed by atoms with van der Waals surface area (Å²) in [5.41, 5.74) is 1.07. The predicted molar refractivity (Wildman–Crippen MR) is 115 cm³/mol. The number of hydrogen-bond acceptors (Lipinski definition) is 7. The SMILES string of the molecule is CC(C)Oc1nc2nc(C34COC(CF)(C3)C4)cn2cc1C(=O)Nc1cnn2cccnc12. The minimum Gasteiger partial charge on any atom is -0.474 e. The van der Waals surface area contributed by atoms with Gasteiger partial charge in [-0.05, 0) is 32.8 Å². The van der Waals surface area contributed by atoms with Gasteiger partial charge in [-0.1, -0.05) is 0 Å². The first-order valence-corrected chi connectivity index (χ1v) is 10.8. The lowest BCUT2D eigenvalue weighted by Crippen LogP contribution is -2.48. The third kappa shape index (κ3) is 3.06. The van der Waals surface area contributed by atoms with Gasteiger partial charge in [0.15, 0.2) is 5.65 Å². The van der Waals surface area contributed by atoms with Crippen molar-refractivity contribution in [2.75, 3.05) is 18.6 Å². The molecule has 4 aromatic rings.